The van der Waals surface area contributed by atoms with Crippen LogP contribution in [0.2, 0.25) is 0 Å². The highest BCUT2D eigenvalue weighted by atomic mass is 15.2. The van der Waals surface area contributed by atoms with Crippen LogP contribution in [0.1, 0.15) is 26.7 Å². The summed E-state index contributed by atoms with van der Waals surface area (Å²) in [6.45, 7) is 9.74. The molecule has 2 aliphatic heterocycles. The number of piperidine rings is 1. The number of hydrogen-bond donors (Lipinski definition) is 1. The molecule has 0 aromatic heterocycles. The number of hydrogen-bond acceptors (Lipinski definition) is 2. The van der Waals surface area contributed by atoms with Gasteiger partial charge in [0.2, 0.25) is 0 Å². The monoisotopic (exact) mass is 168 g/mol. The largest absolute Gasteiger partial charge is 0.316 e. The lowest BCUT2D eigenvalue weighted by Crippen LogP contribution is -2.60. The molecule has 1 N–H and O–H groups in total. The van der Waals surface area contributed by atoms with Gasteiger partial charge in [0.15, 0.2) is 0 Å². The first-order chi connectivity index (χ1) is 5.76. The van der Waals surface area contributed by atoms with Gasteiger partial charge >= 0.3 is 0 Å². The maximum absolute atomic E-state index is 3.41. The van der Waals surface area contributed by atoms with Gasteiger partial charge in [-0.2, -0.15) is 0 Å². The maximum atomic E-state index is 3.41. The van der Waals surface area contributed by atoms with Crippen molar-refractivity contribution in [3.05, 3.63) is 0 Å². The van der Waals surface area contributed by atoms with E-state index in [1.165, 1.54) is 39.0 Å². The van der Waals surface area contributed by atoms with Gasteiger partial charge in [0.1, 0.15) is 0 Å². The summed E-state index contributed by atoms with van der Waals surface area (Å²) in [4.78, 5) is 2.60. The maximum Gasteiger partial charge on any atom is 0.00730 e. The van der Waals surface area contributed by atoms with Crippen LogP contribution in [-0.4, -0.2) is 37.1 Å². The van der Waals surface area contributed by atoms with Crippen LogP contribution in [0, 0.1) is 5.41 Å². The van der Waals surface area contributed by atoms with Crippen LogP contribution < -0.4 is 5.32 Å². The second-order valence-corrected chi connectivity index (χ2v) is 4.54. The van der Waals surface area contributed by atoms with Crippen molar-refractivity contribution in [3.8, 4) is 0 Å². The molecule has 2 heteroatoms. The molecule has 2 heterocycles. The van der Waals surface area contributed by atoms with E-state index in [0.717, 1.165) is 6.04 Å². The average molecular weight is 168 g/mol. The van der Waals surface area contributed by atoms with Crippen molar-refractivity contribution in [2.45, 2.75) is 32.7 Å². The standard InChI is InChI=1S/C10H20N2/c1-3-12-5-4-10(6-9(12)2)7-11-8-10/h9,11H,3-8H2,1-2H3/t9-/m0/s1. The Morgan fingerprint density at radius 2 is 2.25 bits per heavy atom. The van der Waals surface area contributed by atoms with Crippen LogP contribution in [-0.2, 0) is 0 Å². The molecule has 0 aromatic rings. The third kappa shape index (κ3) is 1.27. The first kappa shape index (κ1) is 8.52. The van der Waals surface area contributed by atoms with Crippen molar-refractivity contribution in [3.63, 3.8) is 0 Å². The van der Waals surface area contributed by atoms with Gasteiger partial charge < -0.3 is 10.2 Å². The second kappa shape index (κ2) is 3.00. The van der Waals surface area contributed by atoms with Crippen LogP contribution in [0.25, 0.3) is 0 Å². The van der Waals surface area contributed by atoms with Crippen molar-refractivity contribution in [2.24, 2.45) is 5.41 Å². The van der Waals surface area contributed by atoms with Crippen LogP contribution >= 0.6 is 0 Å². The highest BCUT2D eigenvalue weighted by Crippen LogP contribution is 2.37. The average Bonchev–Trinajstić information content (AvgIpc) is 2.01. The molecule has 70 valence electrons. The summed E-state index contributed by atoms with van der Waals surface area (Å²) in [5.41, 5.74) is 0.699. The Balaban J connectivity index is 1.94. The lowest BCUT2D eigenvalue weighted by molar-refractivity contribution is 0.0227. The zero-order chi connectivity index (χ0) is 8.60. The summed E-state index contributed by atoms with van der Waals surface area (Å²) in [5.74, 6) is 0. The summed E-state index contributed by atoms with van der Waals surface area (Å²) in [7, 11) is 0. The first-order valence-electron chi connectivity index (χ1n) is 5.20. The van der Waals surface area contributed by atoms with Crippen molar-refractivity contribution >= 4 is 0 Å². The number of nitrogens with one attached hydrogen (secondary N) is 1. The summed E-state index contributed by atoms with van der Waals surface area (Å²) in [6, 6.07) is 0.811. The lowest BCUT2D eigenvalue weighted by atomic mass is 9.71. The molecule has 2 aliphatic rings. The molecular formula is C10H20N2. The fraction of sp³-hybridized carbons (Fsp3) is 1.00. The Labute approximate surface area is 75.3 Å². The molecular weight excluding hydrogens is 148 g/mol. The molecule has 1 atom stereocenters. The molecule has 0 radical (unpaired) electrons. The Kier molecular flexibility index (Phi) is 2.13. The zero-order valence-corrected chi connectivity index (χ0v) is 8.27. The van der Waals surface area contributed by atoms with E-state index in [9.17, 15) is 0 Å². The van der Waals surface area contributed by atoms with Crippen molar-refractivity contribution < 1.29 is 0 Å². The molecule has 0 saturated carbocycles. The van der Waals surface area contributed by atoms with Gasteiger partial charge in [0.05, 0.1) is 0 Å². The van der Waals surface area contributed by atoms with E-state index in [1.807, 2.05) is 0 Å². The van der Waals surface area contributed by atoms with E-state index in [2.05, 4.69) is 24.1 Å². The number of nitrogens with zero attached hydrogens (tertiary/aromatic N) is 1. The zero-order valence-electron chi connectivity index (χ0n) is 8.27. The van der Waals surface area contributed by atoms with E-state index < -0.39 is 0 Å². The van der Waals surface area contributed by atoms with E-state index in [4.69, 9.17) is 0 Å². The normalized spacial score (nSPS) is 35.0. The molecule has 0 aliphatic carbocycles. The highest BCUT2D eigenvalue weighted by Gasteiger charge is 2.41. The fourth-order valence-electron chi connectivity index (χ4n) is 2.73. The molecule has 1 spiro atoms. The minimum atomic E-state index is 0.699. The summed E-state index contributed by atoms with van der Waals surface area (Å²) < 4.78 is 0. The van der Waals surface area contributed by atoms with Crippen molar-refractivity contribution in [1.82, 2.24) is 10.2 Å². The van der Waals surface area contributed by atoms with Crippen molar-refractivity contribution in [1.29, 1.82) is 0 Å². The summed E-state index contributed by atoms with van der Waals surface area (Å²) in [5, 5.41) is 3.41. The molecule has 2 fully saturated rings. The predicted octanol–water partition coefficient (Wildman–Crippen LogP) is 1.08. The molecule has 12 heavy (non-hydrogen) atoms. The van der Waals surface area contributed by atoms with E-state index in [1.54, 1.807) is 0 Å². The fourth-order valence-corrected chi connectivity index (χ4v) is 2.73. The molecule has 2 rings (SSSR count). The molecule has 0 bridgehead atoms. The third-order valence-corrected chi connectivity index (χ3v) is 3.69. The smallest absolute Gasteiger partial charge is 0.00730 e. The minimum Gasteiger partial charge on any atom is -0.316 e. The first-order valence-corrected chi connectivity index (χ1v) is 5.20. The molecule has 0 unspecified atom stereocenters. The summed E-state index contributed by atoms with van der Waals surface area (Å²) in [6.07, 6.45) is 2.83. The molecule has 0 aromatic carbocycles. The predicted molar refractivity (Wildman–Crippen MR) is 51.2 cm³/mol. The quantitative estimate of drug-likeness (QED) is 0.630. The molecule has 0 amide bonds. The molecule has 2 nitrogen and oxygen atoms in total. The Hall–Kier alpha value is -0.0800. The van der Waals surface area contributed by atoms with Crippen LogP contribution in [0.5, 0.6) is 0 Å². The van der Waals surface area contributed by atoms with Gasteiger partial charge in [-0.05, 0) is 38.3 Å². The Morgan fingerprint density at radius 3 is 2.67 bits per heavy atom. The van der Waals surface area contributed by atoms with Gasteiger partial charge in [0, 0.05) is 19.1 Å². The van der Waals surface area contributed by atoms with E-state index in [-0.39, 0.29) is 0 Å². The number of likely N-dealkylation sites (tertiary alicyclic amines) is 1. The number of rotatable bonds is 1. The van der Waals surface area contributed by atoms with Gasteiger partial charge in [-0.15, -0.1) is 0 Å². The Morgan fingerprint density at radius 1 is 1.50 bits per heavy atom. The SMILES string of the molecule is CCN1CCC2(CNC2)C[C@@H]1C. The van der Waals surface area contributed by atoms with Gasteiger partial charge in [-0.1, -0.05) is 6.92 Å². The summed E-state index contributed by atoms with van der Waals surface area (Å²) >= 11 is 0. The van der Waals surface area contributed by atoms with E-state index >= 15 is 0 Å². The highest BCUT2D eigenvalue weighted by molar-refractivity contribution is 4.98. The van der Waals surface area contributed by atoms with Crippen molar-refractivity contribution in [2.75, 3.05) is 26.2 Å². The van der Waals surface area contributed by atoms with Gasteiger partial charge in [-0.25, -0.2) is 0 Å². The topological polar surface area (TPSA) is 15.3 Å². The Bertz CT molecular complexity index is 163. The second-order valence-electron chi connectivity index (χ2n) is 4.54. The lowest BCUT2D eigenvalue weighted by Gasteiger charge is -2.51. The van der Waals surface area contributed by atoms with Gasteiger partial charge in [-0.3, -0.25) is 0 Å². The van der Waals surface area contributed by atoms with Crippen LogP contribution in [0.3, 0.4) is 0 Å². The molecule has 2 saturated heterocycles. The third-order valence-electron chi connectivity index (χ3n) is 3.69. The van der Waals surface area contributed by atoms with Crippen LogP contribution in [0.4, 0.5) is 0 Å². The van der Waals surface area contributed by atoms with Crippen LogP contribution in [0.15, 0.2) is 0 Å². The van der Waals surface area contributed by atoms with Gasteiger partial charge in [0.25, 0.3) is 0 Å². The minimum absolute atomic E-state index is 0.699. The van der Waals surface area contributed by atoms with E-state index in [0.29, 0.717) is 5.41 Å².